The molecule has 0 aliphatic heterocycles. The van der Waals surface area contributed by atoms with Crippen LogP contribution < -0.4 is 112 Å². The lowest BCUT2D eigenvalue weighted by Crippen LogP contribution is -2.60. The number of aliphatic carboxylic acids is 2. The second kappa shape index (κ2) is 43.2. The maximum Gasteiger partial charge on any atom is 0.326 e. The number of hydrogen-bond donors (Lipinski definition) is 22. The van der Waals surface area contributed by atoms with Gasteiger partial charge in [-0.15, -0.1) is 0 Å². The zero-order valence-corrected chi connectivity index (χ0v) is 47.1. The molecule has 0 rings (SSSR count). The van der Waals surface area contributed by atoms with Gasteiger partial charge in [0.1, 0.15) is 42.3 Å². The van der Waals surface area contributed by atoms with Crippen molar-refractivity contribution in [1.29, 1.82) is 0 Å². The van der Waals surface area contributed by atoms with Crippen molar-refractivity contribution in [3.8, 4) is 0 Å². The highest BCUT2D eigenvalue weighted by atomic mass is 16.4. The van der Waals surface area contributed by atoms with Crippen LogP contribution in [0.4, 0.5) is 0 Å². The first-order chi connectivity index (χ1) is 39.2. The summed E-state index contributed by atoms with van der Waals surface area (Å²) in [5.41, 5.74) is 72.1. The summed E-state index contributed by atoms with van der Waals surface area (Å²) < 4.78 is 0. The second-order valence-electron chi connectivity index (χ2n) is 19.1. The smallest absolute Gasteiger partial charge is 0.326 e. The lowest BCUT2D eigenvalue weighted by atomic mass is 10.0. The third-order valence-electron chi connectivity index (χ3n) is 12.0. The second-order valence-corrected chi connectivity index (χ2v) is 19.1. The summed E-state index contributed by atoms with van der Waals surface area (Å²) in [6.45, 7) is 0.602. The highest BCUT2D eigenvalue weighted by Gasteiger charge is 2.34. The van der Waals surface area contributed by atoms with Gasteiger partial charge < -0.3 is 122 Å². The first-order valence-electron chi connectivity index (χ1n) is 27.2. The molecular formula is C47H93N25O11. The zero-order valence-electron chi connectivity index (χ0n) is 47.1. The van der Waals surface area contributed by atoms with Gasteiger partial charge in [0.2, 0.25) is 41.4 Å². The SMILES string of the molecule is NCCCC[C@H](NC(=O)[C@H](CCCCN)NC(=O)[C@H](CCCN=C(N)N)NC(=O)[C@H](CCCN=C(N)N)NC(=O)[C@H](CCCN=C(N)N)NC(=O)[C@H](CCC(=O)O)NC(=O)[C@@H](N)CCCN=C(N)N)C(=O)N[C@@H](CCCN=C(N)N)C(=O)O. The van der Waals surface area contributed by atoms with E-state index in [0.29, 0.717) is 25.7 Å². The van der Waals surface area contributed by atoms with Crippen molar-refractivity contribution in [1.82, 2.24) is 37.2 Å². The summed E-state index contributed by atoms with van der Waals surface area (Å²) in [6, 6.07) is -11.2. The monoisotopic (exact) mass is 1180 g/mol. The Hall–Kier alpha value is -8.54. The molecule has 36 heteroatoms. The Morgan fingerprint density at radius 1 is 0.313 bits per heavy atom. The summed E-state index contributed by atoms with van der Waals surface area (Å²) in [7, 11) is 0. The van der Waals surface area contributed by atoms with Gasteiger partial charge in [-0.3, -0.25) is 63.3 Å². The molecule has 0 aliphatic rings. The van der Waals surface area contributed by atoms with Crippen LogP contribution in [0.15, 0.2) is 25.0 Å². The van der Waals surface area contributed by atoms with E-state index in [1.807, 2.05) is 0 Å². The number of nitrogens with two attached hydrogens (primary N) is 13. The lowest BCUT2D eigenvalue weighted by Gasteiger charge is -2.28. The van der Waals surface area contributed by atoms with Crippen molar-refractivity contribution in [2.24, 2.45) is 99.5 Å². The van der Waals surface area contributed by atoms with Crippen molar-refractivity contribution in [2.75, 3.05) is 45.8 Å². The van der Waals surface area contributed by atoms with Crippen LogP contribution in [-0.2, 0) is 43.2 Å². The molecule has 0 aliphatic carbocycles. The molecule has 0 aromatic heterocycles. The minimum absolute atomic E-state index is 0.0166. The highest BCUT2D eigenvalue weighted by molar-refractivity contribution is 5.98. The van der Waals surface area contributed by atoms with E-state index in [9.17, 15) is 53.4 Å². The number of aliphatic imine (C=N–C) groups is 5. The third-order valence-corrected chi connectivity index (χ3v) is 12.0. The van der Waals surface area contributed by atoms with E-state index in [0.717, 1.165) is 0 Å². The van der Waals surface area contributed by atoms with Gasteiger partial charge in [0, 0.05) is 39.1 Å². The average Bonchev–Trinajstić information content (AvgIpc) is 3.40. The molecule has 472 valence electrons. The predicted octanol–water partition coefficient (Wildman–Crippen LogP) is -8.82. The van der Waals surface area contributed by atoms with Crippen molar-refractivity contribution in [3.63, 3.8) is 0 Å². The summed E-state index contributed by atoms with van der Waals surface area (Å²) in [5.74, 6) is -10.1. The van der Waals surface area contributed by atoms with E-state index < -0.39 is 114 Å². The van der Waals surface area contributed by atoms with Crippen LogP contribution in [0.2, 0.25) is 0 Å². The molecular weight excluding hydrogens is 1090 g/mol. The average molecular weight is 1180 g/mol. The summed E-state index contributed by atoms with van der Waals surface area (Å²) in [5, 5.41) is 37.4. The Balaban J connectivity index is 7.21. The van der Waals surface area contributed by atoms with Gasteiger partial charge in [-0.1, -0.05) is 0 Å². The molecule has 0 spiro atoms. The van der Waals surface area contributed by atoms with Gasteiger partial charge in [0.25, 0.3) is 0 Å². The van der Waals surface area contributed by atoms with E-state index in [1.165, 1.54) is 0 Å². The number of carboxylic acids is 2. The molecule has 35 N–H and O–H groups in total. The minimum atomic E-state index is -1.53. The Morgan fingerprint density at radius 3 is 0.795 bits per heavy atom. The fraction of sp³-hybridized carbons (Fsp3) is 0.702. The number of nitrogens with zero attached hydrogens (tertiary/aromatic N) is 5. The first-order valence-corrected chi connectivity index (χ1v) is 27.2. The maximum atomic E-state index is 14.5. The lowest BCUT2D eigenvalue weighted by molar-refractivity contribution is -0.142. The third kappa shape index (κ3) is 36.4. The Labute approximate surface area is 481 Å². The molecule has 0 saturated heterocycles. The topological polar surface area (TPSA) is 678 Å². The van der Waals surface area contributed by atoms with Gasteiger partial charge >= 0.3 is 11.9 Å². The number of unbranched alkanes of at least 4 members (excludes halogenated alkanes) is 2. The Bertz CT molecular complexity index is 2200. The number of carbonyl (C=O) groups excluding carboxylic acids is 7. The van der Waals surface area contributed by atoms with E-state index >= 15 is 0 Å². The number of nitrogens with one attached hydrogen (secondary N) is 7. The predicted molar refractivity (Wildman–Crippen MR) is 311 cm³/mol. The Kier molecular flexibility index (Phi) is 38.8. The summed E-state index contributed by atoms with van der Waals surface area (Å²) in [6.07, 6.45) is 0.621. The molecule has 0 saturated carbocycles. The molecule has 0 heterocycles. The first kappa shape index (κ1) is 74.5. The summed E-state index contributed by atoms with van der Waals surface area (Å²) in [4.78, 5) is 142. The van der Waals surface area contributed by atoms with Crippen LogP contribution in [0.3, 0.4) is 0 Å². The Morgan fingerprint density at radius 2 is 0.542 bits per heavy atom. The maximum absolute atomic E-state index is 14.5. The number of carbonyl (C=O) groups is 9. The van der Waals surface area contributed by atoms with E-state index in [-0.39, 0.29) is 153 Å². The quantitative estimate of drug-likeness (QED) is 0.0153. The van der Waals surface area contributed by atoms with Crippen molar-refractivity contribution in [2.45, 2.75) is 164 Å². The fourth-order valence-electron chi connectivity index (χ4n) is 7.70. The van der Waals surface area contributed by atoms with Gasteiger partial charge in [-0.05, 0) is 122 Å². The standard InChI is InChI=1S/C47H93N25O11/c48-19-3-1-11-27(36(76)68-28(12-2-4-20-49)40(80)72-33(42(82)83)16-9-25-65-47(59)60)67-37(77)29(13-6-22-62-44(53)54)69-38(78)30(14-7-23-63-45(55)56)70-39(79)31(15-8-24-64-46(57)58)71-41(81)32(17-18-34(73)74)66-35(75)26(50)10-5-21-61-43(51)52/h26-33H,1-25,48-50H2,(H,66,75)(H,67,77)(H,68,76)(H,69,78)(H,70,79)(H,71,81)(H,72,80)(H,73,74)(H,82,83)(H4,51,52,61)(H4,53,54,62)(H4,55,56,63)(H4,57,58,64)(H4,59,60,65)/t26-,27-,28-,29-,30-,31-,32-,33-/m0/s1. The molecule has 7 amide bonds. The molecule has 0 fully saturated rings. The van der Waals surface area contributed by atoms with Crippen LogP contribution >= 0.6 is 0 Å². The number of rotatable bonds is 46. The number of carboxylic acid groups (broad SMARTS) is 2. The zero-order chi connectivity index (χ0) is 62.9. The molecule has 8 atom stereocenters. The van der Waals surface area contributed by atoms with Crippen molar-refractivity contribution in [3.05, 3.63) is 0 Å². The molecule has 83 heavy (non-hydrogen) atoms. The van der Waals surface area contributed by atoms with E-state index in [4.69, 9.17) is 74.5 Å². The molecule has 0 unspecified atom stereocenters. The van der Waals surface area contributed by atoms with Gasteiger partial charge in [0.05, 0.1) is 6.04 Å². The van der Waals surface area contributed by atoms with Crippen LogP contribution in [0.25, 0.3) is 0 Å². The minimum Gasteiger partial charge on any atom is -0.481 e. The molecule has 36 nitrogen and oxygen atoms in total. The highest BCUT2D eigenvalue weighted by Crippen LogP contribution is 2.12. The largest absolute Gasteiger partial charge is 0.481 e. The van der Waals surface area contributed by atoms with Gasteiger partial charge in [0.15, 0.2) is 29.8 Å². The van der Waals surface area contributed by atoms with E-state index in [2.05, 4.69) is 62.2 Å². The van der Waals surface area contributed by atoms with Crippen molar-refractivity contribution < 1.29 is 53.4 Å². The number of guanidine groups is 5. The van der Waals surface area contributed by atoms with E-state index in [1.54, 1.807) is 0 Å². The van der Waals surface area contributed by atoms with Crippen LogP contribution in [0, 0.1) is 0 Å². The number of amides is 7. The number of hydrogen-bond acceptors (Lipinski definition) is 17. The van der Waals surface area contributed by atoms with Gasteiger partial charge in [-0.2, -0.15) is 0 Å². The molecule has 0 radical (unpaired) electrons. The van der Waals surface area contributed by atoms with Gasteiger partial charge in [-0.25, -0.2) is 4.79 Å². The van der Waals surface area contributed by atoms with Crippen LogP contribution in [0.5, 0.6) is 0 Å². The van der Waals surface area contributed by atoms with Crippen LogP contribution in [-0.4, -0.2) is 187 Å². The fourth-order valence-corrected chi connectivity index (χ4v) is 7.70. The molecule has 0 aromatic rings. The van der Waals surface area contributed by atoms with Crippen LogP contribution in [0.1, 0.15) is 116 Å². The van der Waals surface area contributed by atoms with Crippen molar-refractivity contribution >= 4 is 83.1 Å². The molecule has 0 aromatic carbocycles. The normalized spacial score (nSPS) is 13.6. The summed E-state index contributed by atoms with van der Waals surface area (Å²) >= 11 is 0. The molecule has 0 bridgehead atoms.